The molecular weight excluding hydrogens is 270 g/mol. The minimum atomic E-state index is -0.789. The number of nitrogens with zero attached hydrogens (tertiary/aromatic N) is 3. The molecule has 2 aromatic heterocycles. The summed E-state index contributed by atoms with van der Waals surface area (Å²) in [5, 5.41) is 17.6. The second kappa shape index (κ2) is 5.40. The Morgan fingerprint density at radius 2 is 2.14 bits per heavy atom. The molecule has 3 aromatic rings. The topological polar surface area (TPSA) is 81.2 Å². The number of para-hydroxylation sites is 1. The fourth-order valence-corrected chi connectivity index (χ4v) is 2.45. The fraction of sp³-hybridized carbons (Fsp3) is 0.267. The van der Waals surface area contributed by atoms with E-state index in [0.717, 1.165) is 27.9 Å². The Morgan fingerprint density at radius 1 is 1.33 bits per heavy atom. The van der Waals surface area contributed by atoms with Crippen molar-refractivity contribution in [1.29, 1.82) is 0 Å². The molecule has 6 heteroatoms. The van der Waals surface area contributed by atoms with E-state index in [1.165, 1.54) is 0 Å². The number of carboxylic acid groups (broad SMARTS) is 1. The van der Waals surface area contributed by atoms with Gasteiger partial charge in [-0.1, -0.05) is 28.5 Å². The number of carboxylic acids is 1. The average Bonchev–Trinajstić information content (AvgIpc) is 3.02. The van der Waals surface area contributed by atoms with E-state index in [4.69, 9.17) is 9.74 Å². The summed E-state index contributed by atoms with van der Waals surface area (Å²) in [5.74, 6) is -0.789. The van der Waals surface area contributed by atoms with E-state index < -0.39 is 5.97 Å². The van der Waals surface area contributed by atoms with Crippen LogP contribution in [0, 0.1) is 6.92 Å². The lowest BCUT2D eigenvalue weighted by Gasteiger charge is -2.01. The molecule has 0 unspecified atom stereocenters. The molecule has 1 aromatic carbocycles. The molecule has 0 spiro atoms. The van der Waals surface area contributed by atoms with Crippen molar-refractivity contribution < 1.29 is 14.5 Å². The number of aliphatic carboxylic acids is 1. The standard InChI is InChI=1S/C15H15N3O3/c1-10-13(17-21-16-10)9-18-8-11(6-7-15(19)20)12-4-2-3-5-14(12)18/h2-5,8H,6-7,9H2,1H3,(H,19,20). The number of hydrogen-bond donors (Lipinski definition) is 1. The van der Waals surface area contributed by atoms with Gasteiger partial charge < -0.3 is 9.67 Å². The molecule has 0 bridgehead atoms. The van der Waals surface area contributed by atoms with Crippen LogP contribution in [-0.2, 0) is 17.8 Å². The van der Waals surface area contributed by atoms with E-state index in [1.807, 2.05) is 37.4 Å². The number of carbonyl (C=O) groups is 1. The van der Waals surface area contributed by atoms with Gasteiger partial charge >= 0.3 is 5.97 Å². The molecular formula is C15H15N3O3. The molecule has 0 fully saturated rings. The Balaban J connectivity index is 1.98. The highest BCUT2D eigenvalue weighted by atomic mass is 16.6. The van der Waals surface area contributed by atoms with Crippen LogP contribution < -0.4 is 0 Å². The number of rotatable bonds is 5. The molecule has 21 heavy (non-hydrogen) atoms. The van der Waals surface area contributed by atoms with Crippen LogP contribution in [-0.4, -0.2) is 26.0 Å². The monoisotopic (exact) mass is 285 g/mol. The maximum absolute atomic E-state index is 10.8. The number of hydrogen-bond acceptors (Lipinski definition) is 4. The van der Waals surface area contributed by atoms with Crippen molar-refractivity contribution in [3.05, 3.63) is 47.4 Å². The normalized spacial score (nSPS) is 11.1. The largest absolute Gasteiger partial charge is 0.481 e. The van der Waals surface area contributed by atoms with Gasteiger partial charge in [-0.15, -0.1) is 0 Å². The van der Waals surface area contributed by atoms with Crippen LogP contribution in [0.2, 0.25) is 0 Å². The van der Waals surface area contributed by atoms with E-state index in [-0.39, 0.29) is 6.42 Å². The molecule has 0 aliphatic heterocycles. The van der Waals surface area contributed by atoms with Gasteiger partial charge in [0.25, 0.3) is 0 Å². The SMILES string of the molecule is Cc1nonc1Cn1cc(CCC(=O)O)c2ccccc21. The Labute approximate surface area is 121 Å². The van der Waals surface area contributed by atoms with Gasteiger partial charge in [0.2, 0.25) is 0 Å². The average molecular weight is 285 g/mol. The third-order valence-electron chi connectivity index (χ3n) is 3.55. The summed E-state index contributed by atoms with van der Waals surface area (Å²) >= 11 is 0. The van der Waals surface area contributed by atoms with E-state index in [0.29, 0.717) is 13.0 Å². The summed E-state index contributed by atoms with van der Waals surface area (Å²) in [4.78, 5) is 10.8. The molecule has 108 valence electrons. The van der Waals surface area contributed by atoms with Crippen LogP contribution in [0.25, 0.3) is 10.9 Å². The number of fused-ring (bicyclic) bond motifs is 1. The summed E-state index contributed by atoms with van der Waals surface area (Å²) < 4.78 is 6.78. The predicted octanol–water partition coefficient (Wildman–Crippen LogP) is 2.40. The maximum atomic E-state index is 10.8. The van der Waals surface area contributed by atoms with Crippen molar-refractivity contribution in [2.45, 2.75) is 26.3 Å². The Kier molecular flexibility index (Phi) is 3.43. The van der Waals surface area contributed by atoms with Gasteiger partial charge in [-0.05, 0) is 25.0 Å². The van der Waals surface area contributed by atoms with Crippen molar-refractivity contribution in [3.63, 3.8) is 0 Å². The first-order chi connectivity index (χ1) is 10.1. The molecule has 6 nitrogen and oxygen atoms in total. The first kappa shape index (κ1) is 13.4. The first-order valence-electron chi connectivity index (χ1n) is 6.71. The molecule has 0 aliphatic carbocycles. The molecule has 1 N–H and O–H groups in total. The quantitative estimate of drug-likeness (QED) is 0.778. The Morgan fingerprint density at radius 3 is 2.86 bits per heavy atom. The lowest BCUT2D eigenvalue weighted by atomic mass is 10.1. The van der Waals surface area contributed by atoms with E-state index in [2.05, 4.69) is 14.9 Å². The van der Waals surface area contributed by atoms with Crippen molar-refractivity contribution >= 4 is 16.9 Å². The Hall–Kier alpha value is -2.63. The summed E-state index contributed by atoms with van der Waals surface area (Å²) in [6.45, 7) is 2.41. The molecule has 0 atom stereocenters. The second-order valence-corrected chi connectivity index (χ2v) is 4.99. The van der Waals surface area contributed by atoms with Crippen LogP contribution in [0.1, 0.15) is 23.4 Å². The van der Waals surface area contributed by atoms with Gasteiger partial charge in [0.1, 0.15) is 11.4 Å². The van der Waals surface area contributed by atoms with Gasteiger partial charge in [-0.25, -0.2) is 4.63 Å². The van der Waals surface area contributed by atoms with Crippen molar-refractivity contribution in [1.82, 2.24) is 14.9 Å². The van der Waals surface area contributed by atoms with Crippen LogP contribution in [0.4, 0.5) is 0 Å². The summed E-state index contributed by atoms with van der Waals surface area (Å²) in [6, 6.07) is 7.95. The molecule has 0 saturated heterocycles. The van der Waals surface area contributed by atoms with Crippen LogP contribution in [0.15, 0.2) is 35.1 Å². The van der Waals surface area contributed by atoms with Gasteiger partial charge in [0.15, 0.2) is 0 Å². The van der Waals surface area contributed by atoms with Crippen LogP contribution in [0.5, 0.6) is 0 Å². The van der Waals surface area contributed by atoms with E-state index >= 15 is 0 Å². The zero-order valence-corrected chi connectivity index (χ0v) is 11.6. The molecule has 0 amide bonds. The summed E-state index contributed by atoms with van der Waals surface area (Å²) in [7, 11) is 0. The van der Waals surface area contributed by atoms with E-state index in [9.17, 15) is 4.79 Å². The van der Waals surface area contributed by atoms with Crippen molar-refractivity contribution in [3.8, 4) is 0 Å². The Bertz CT molecular complexity index is 788. The first-order valence-corrected chi connectivity index (χ1v) is 6.71. The zero-order valence-electron chi connectivity index (χ0n) is 11.6. The smallest absolute Gasteiger partial charge is 0.303 e. The van der Waals surface area contributed by atoms with Crippen molar-refractivity contribution in [2.75, 3.05) is 0 Å². The minimum Gasteiger partial charge on any atom is -0.481 e. The van der Waals surface area contributed by atoms with Crippen LogP contribution >= 0.6 is 0 Å². The van der Waals surface area contributed by atoms with Gasteiger partial charge in [-0.2, -0.15) is 0 Å². The highest BCUT2D eigenvalue weighted by molar-refractivity contribution is 5.84. The molecule has 0 radical (unpaired) electrons. The molecule has 2 heterocycles. The van der Waals surface area contributed by atoms with Gasteiger partial charge in [0, 0.05) is 23.5 Å². The van der Waals surface area contributed by atoms with E-state index in [1.54, 1.807) is 0 Å². The molecule has 0 saturated carbocycles. The molecule has 0 aliphatic rings. The fourth-order valence-electron chi connectivity index (χ4n) is 2.45. The van der Waals surface area contributed by atoms with Crippen LogP contribution in [0.3, 0.4) is 0 Å². The number of benzene rings is 1. The van der Waals surface area contributed by atoms with Crippen molar-refractivity contribution in [2.24, 2.45) is 0 Å². The van der Waals surface area contributed by atoms with Gasteiger partial charge in [0.05, 0.1) is 6.54 Å². The summed E-state index contributed by atoms with van der Waals surface area (Å²) in [6.07, 6.45) is 2.62. The third-order valence-corrected chi connectivity index (χ3v) is 3.55. The second-order valence-electron chi connectivity index (χ2n) is 4.99. The zero-order chi connectivity index (χ0) is 14.8. The lowest BCUT2D eigenvalue weighted by molar-refractivity contribution is -0.136. The lowest BCUT2D eigenvalue weighted by Crippen LogP contribution is -2.00. The summed E-state index contributed by atoms with van der Waals surface area (Å²) in [5.41, 5.74) is 3.63. The number of aryl methyl sites for hydroxylation is 2. The highest BCUT2D eigenvalue weighted by Gasteiger charge is 2.12. The highest BCUT2D eigenvalue weighted by Crippen LogP contribution is 2.23. The third kappa shape index (κ3) is 2.65. The van der Waals surface area contributed by atoms with Gasteiger partial charge in [-0.3, -0.25) is 4.79 Å². The molecule has 3 rings (SSSR count). The minimum absolute atomic E-state index is 0.124. The predicted molar refractivity (Wildman–Crippen MR) is 76.0 cm³/mol. The number of aromatic nitrogens is 3. The maximum Gasteiger partial charge on any atom is 0.303 e.